The summed E-state index contributed by atoms with van der Waals surface area (Å²) < 4.78 is 0. The Morgan fingerprint density at radius 3 is 2.60 bits per heavy atom. The number of carbonyl (C=O) groups excluding carboxylic acids is 2. The number of β-amino-alcohol motifs (C(OH)–C–C–N with tert-alkyl or cyclic N) is 1. The lowest BCUT2D eigenvalue weighted by Crippen LogP contribution is -2.80. The van der Waals surface area contributed by atoms with E-state index in [9.17, 15) is 14.7 Å². The van der Waals surface area contributed by atoms with Gasteiger partial charge in [-0.1, -0.05) is 12.1 Å². The molecule has 3 aliphatic rings. The van der Waals surface area contributed by atoms with Crippen LogP contribution in [0, 0.1) is 11.3 Å². The van der Waals surface area contributed by atoms with Gasteiger partial charge in [0.25, 0.3) is 5.91 Å². The van der Waals surface area contributed by atoms with Crippen LogP contribution in [0.15, 0.2) is 24.3 Å². The van der Waals surface area contributed by atoms with Crippen LogP contribution in [0.25, 0.3) is 0 Å². The van der Waals surface area contributed by atoms with Crippen molar-refractivity contribution in [2.75, 3.05) is 26.7 Å². The lowest BCUT2D eigenvalue weighted by Gasteiger charge is -2.58. The third-order valence-corrected chi connectivity index (χ3v) is 5.61. The quantitative estimate of drug-likeness (QED) is 0.734. The van der Waals surface area contributed by atoms with Crippen LogP contribution < -0.4 is 0 Å². The largest absolute Gasteiger partial charge is 0.392 e. The minimum atomic E-state index is -0.697. The Hall–Kier alpha value is -2.27. The number of imide groups is 1. The van der Waals surface area contributed by atoms with Crippen LogP contribution in [0.5, 0.6) is 0 Å². The van der Waals surface area contributed by atoms with Gasteiger partial charge in [0.05, 0.1) is 23.8 Å². The van der Waals surface area contributed by atoms with Crippen LogP contribution in [-0.4, -0.2) is 76.0 Å². The molecule has 7 heteroatoms. The zero-order chi connectivity index (χ0) is 17.8. The van der Waals surface area contributed by atoms with Crippen LogP contribution in [0.2, 0.25) is 0 Å². The molecule has 0 saturated carbocycles. The standard InChI is InChI=1S/C18H20N4O3/c1-20-16(24)15-6-14(23)9-22(15)18(17(20)25)10-21(11-18)8-13-4-2-12(7-19)3-5-13/h2-5,14-15,23H,6,8-11H2,1H3. The first kappa shape index (κ1) is 16.2. The molecule has 3 saturated heterocycles. The van der Waals surface area contributed by atoms with Crippen molar-refractivity contribution in [3.63, 3.8) is 0 Å². The lowest BCUT2D eigenvalue weighted by atomic mass is 9.82. The number of rotatable bonds is 2. The highest BCUT2D eigenvalue weighted by molar-refractivity contribution is 6.05. The van der Waals surface area contributed by atoms with Gasteiger partial charge < -0.3 is 5.11 Å². The number of likely N-dealkylation sites (N-methyl/N-ethyl adjacent to an activating group) is 1. The molecule has 3 aliphatic heterocycles. The predicted octanol–water partition coefficient (Wildman–Crippen LogP) is -0.454. The third-order valence-electron chi connectivity index (χ3n) is 5.61. The van der Waals surface area contributed by atoms with Crippen LogP contribution >= 0.6 is 0 Å². The summed E-state index contributed by atoms with van der Waals surface area (Å²) >= 11 is 0. The average Bonchev–Trinajstić information content (AvgIpc) is 2.97. The molecular weight excluding hydrogens is 320 g/mol. The Bertz CT molecular complexity index is 764. The first-order valence-electron chi connectivity index (χ1n) is 8.43. The summed E-state index contributed by atoms with van der Waals surface area (Å²) in [6.45, 7) is 2.17. The molecule has 7 nitrogen and oxygen atoms in total. The fraction of sp³-hybridized carbons (Fsp3) is 0.500. The smallest absolute Gasteiger partial charge is 0.252 e. The fourth-order valence-electron chi connectivity index (χ4n) is 4.34. The summed E-state index contributed by atoms with van der Waals surface area (Å²) in [6, 6.07) is 9.12. The molecule has 1 aromatic carbocycles. The molecule has 0 bridgehead atoms. The van der Waals surface area contributed by atoms with E-state index in [4.69, 9.17) is 5.26 Å². The zero-order valence-electron chi connectivity index (χ0n) is 14.1. The molecule has 1 aromatic rings. The third kappa shape index (κ3) is 2.37. The summed E-state index contributed by atoms with van der Waals surface area (Å²) in [5.74, 6) is -0.378. The highest BCUT2D eigenvalue weighted by atomic mass is 16.3. The highest BCUT2D eigenvalue weighted by Crippen LogP contribution is 2.40. The zero-order valence-corrected chi connectivity index (χ0v) is 14.1. The van der Waals surface area contributed by atoms with Gasteiger partial charge in [0.15, 0.2) is 0 Å². The minimum Gasteiger partial charge on any atom is -0.392 e. The number of hydrogen-bond donors (Lipinski definition) is 1. The molecule has 130 valence electrons. The maximum Gasteiger partial charge on any atom is 0.252 e. The second-order valence-electron chi connectivity index (χ2n) is 7.25. The Morgan fingerprint density at radius 1 is 1.28 bits per heavy atom. The number of likely N-dealkylation sites (tertiary alicyclic amines) is 1. The first-order valence-corrected chi connectivity index (χ1v) is 8.43. The van der Waals surface area contributed by atoms with E-state index in [0.29, 0.717) is 38.2 Å². The summed E-state index contributed by atoms with van der Waals surface area (Å²) in [5, 5.41) is 18.9. The van der Waals surface area contributed by atoms with Gasteiger partial charge >= 0.3 is 0 Å². The van der Waals surface area contributed by atoms with Gasteiger partial charge in [-0.25, -0.2) is 0 Å². The molecule has 3 heterocycles. The van der Waals surface area contributed by atoms with E-state index in [1.807, 2.05) is 17.0 Å². The fourth-order valence-corrected chi connectivity index (χ4v) is 4.34. The number of aliphatic hydroxyl groups is 1. The second-order valence-corrected chi connectivity index (χ2v) is 7.25. The molecular formula is C18H20N4O3. The van der Waals surface area contributed by atoms with Gasteiger partial charge in [0.2, 0.25) is 5.91 Å². The molecule has 3 fully saturated rings. The van der Waals surface area contributed by atoms with E-state index in [0.717, 1.165) is 5.56 Å². The predicted molar refractivity (Wildman–Crippen MR) is 88.1 cm³/mol. The maximum atomic E-state index is 12.8. The van der Waals surface area contributed by atoms with E-state index in [1.165, 1.54) is 11.9 Å². The summed E-state index contributed by atoms with van der Waals surface area (Å²) in [4.78, 5) is 30.4. The molecule has 0 radical (unpaired) electrons. The number of nitrogens with zero attached hydrogens (tertiary/aromatic N) is 4. The molecule has 0 aliphatic carbocycles. The molecule has 1 N–H and O–H groups in total. The van der Waals surface area contributed by atoms with Gasteiger partial charge in [0.1, 0.15) is 5.54 Å². The highest BCUT2D eigenvalue weighted by Gasteiger charge is 2.63. The van der Waals surface area contributed by atoms with Crippen LogP contribution in [0.3, 0.4) is 0 Å². The van der Waals surface area contributed by atoms with E-state index >= 15 is 0 Å². The normalized spacial score (nSPS) is 28.8. The lowest BCUT2D eigenvalue weighted by molar-refractivity contribution is -0.178. The molecule has 1 spiro atoms. The van der Waals surface area contributed by atoms with Crippen molar-refractivity contribution in [3.05, 3.63) is 35.4 Å². The number of benzene rings is 1. The van der Waals surface area contributed by atoms with Crippen molar-refractivity contribution in [1.82, 2.24) is 14.7 Å². The van der Waals surface area contributed by atoms with Crippen molar-refractivity contribution in [2.45, 2.75) is 30.7 Å². The Balaban J connectivity index is 1.50. The SMILES string of the molecule is CN1C(=O)C2CC(O)CN2C2(CN(Cc3ccc(C#N)cc3)C2)C1=O. The minimum absolute atomic E-state index is 0.168. The molecule has 2 unspecified atom stereocenters. The van der Waals surface area contributed by atoms with Crippen molar-refractivity contribution in [1.29, 1.82) is 5.26 Å². The molecule has 4 rings (SSSR count). The van der Waals surface area contributed by atoms with Crippen LogP contribution in [-0.2, 0) is 16.1 Å². The topological polar surface area (TPSA) is 87.9 Å². The number of aliphatic hydroxyl groups excluding tert-OH is 1. The maximum absolute atomic E-state index is 12.8. The summed E-state index contributed by atoms with van der Waals surface area (Å²) in [7, 11) is 1.54. The van der Waals surface area contributed by atoms with E-state index < -0.39 is 17.7 Å². The van der Waals surface area contributed by atoms with Gasteiger partial charge in [-0.15, -0.1) is 0 Å². The van der Waals surface area contributed by atoms with E-state index in [2.05, 4.69) is 11.0 Å². The number of fused-ring (bicyclic) bond motifs is 2. The van der Waals surface area contributed by atoms with Gasteiger partial charge in [-0.3, -0.25) is 24.3 Å². The van der Waals surface area contributed by atoms with Crippen molar-refractivity contribution in [3.8, 4) is 6.07 Å². The molecule has 25 heavy (non-hydrogen) atoms. The Morgan fingerprint density at radius 2 is 1.96 bits per heavy atom. The molecule has 2 amide bonds. The number of nitriles is 1. The molecule has 0 aromatic heterocycles. The Labute approximate surface area is 146 Å². The van der Waals surface area contributed by atoms with Crippen molar-refractivity contribution in [2.24, 2.45) is 0 Å². The molecule has 2 atom stereocenters. The van der Waals surface area contributed by atoms with Crippen molar-refractivity contribution >= 4 is 11.8 Å². The first-order chi connectivity index (χ1) is 11.9. The number of piperazine rings is 1. The summed E-state index contributed by atoms with van der Waals surface area (Å²) in [5.41, 5.74) is 1.01. The number of hydrogen-bond acceptors (Lipinski definition) is 6. The van der Waals surface area contributed by atoms with E-state index in [-0.39, 0.29) is 11.8 Å². The van der Waals surface area contributed by atoms with Gasteiger partial charge in [0, 0.05) is 33.2 Å². The van der Waals surface area contributed by atoms with Crippen LogP contribution in [0.1, 0.15) is 17.5 Å². The van der Waals surface area contributed by atoms with Crippen LogP contribution in [0.4, 0.5) is 0 Å². The Kier molecular flexibility index (Phi) is 3.65. The monoisotopic (exact) mass is 340 g/mol. The average molecular weight is 340 g/mol. The van der Waals surface area contributed by atoms with E-state index in [1.54, 1.807) is 12.1 Å². The van der Waals surface area contributed by atoms with Crippen molar-refractivity contribution < 1.29 is 14.7 Å². The second kappa shape index (κ2) is 5.63. The number of carbonyl (C=O) groups is 2. The van der Waals surface area contributed by atoms with Gasteiger partial charge in [-0.2, -0.15) is 5.26 Å². The number of amides is 2. The van der Waals surface area contributed by atoms with Gasteiger partial charge in [-0.05, 0) is 24.1 Å². The summed E-state index contributed by atoms with van der Waals surface area (Å²) in [6.07, 6.45) is -0.161.